The Morgan fingerprint density at radius 1 is 1.64 bits per heavy atom. The van der Waals surface area contributed by atoms with Gasteiger partial charge in [-0.25, -0.2) is 4.98 Å². The first-order valence-electron chi connectivity index (χ1n) is 5.34. The Bertz CT molecular complexity index is 299. The zero-order valence-electron chi connectivity index (χ0n) is 8.95. The van der Waals surface area contributed by atoms with Crippen molar-refractivity contribution in [3.05, 3.63) is 12.2 Å². The van der Waals surface area contributed by atoms with Gasteiger partial charge in [-0.1, -0.05) is 6.92 Å². The lowest BCUT2D eigenvalue weighted by Gasteiger charge is -2.27. The third kappa shape index (κ3) is 1.66. The highest BCUT2D eigenvalue weighted by Gasteiger charge is 2.32. The van der Waals surface area contributed by atoms with E-state index in [4.69, 9.17) is 0 Å². The molecule has 14 heavy (non-hydrogen) atoms. The van der Waals surface area contributed by atoms with E-state index in [0.29, 0.717) is 0 Å². The van der Waals surface area contributed by atoms with E-state index in [1.54, 1.807) is 6.33 Å². The Morgan fingerprint density at radius 2 is 2.50 bits per heavy atom. The number of aromatic nitrogens is 3. The fourth-order valence-electron chi connectivity index (χ4n) is 2.23. The van der Waals surface area contributed by atoms with Crippen LogP contribution in [-0.2, 0) is 13.5 Å². The number of hydrogen-bond acceptors (Lipinski definition) is 3. The molecule has 1 aromatic rings. The lowest BCUT2D eigenvalue weighted by atomic mass is 9.90. The van der Waals surface area contributed by atoms with Gasteiger partial charge in [0.15, 0.2) is 0 Å². The van der Waals surface area contributed by atoms with Crippen molar-refractivity contribution in [1.29, 1.82) is 0 Å². The highest BCUT2D eigenvalue weighted by atomic mass is 15.3. The average Bonchev–Trinajstić information content (AvgIpc) is 2.79. The van der Waals surface area contributed by atoms with E-state index in [1.807, 2.05) is 11.7 Å². The summed E-state index contributed by atoms with van der Waals surface area (Å²) in [4.78, 5) is 4.28. The van der Waals surface area contributed by atoms with Crippen LogP contribution in [0.25, 0.3) is 0 Å². The number of rotatable bonds is 3. The van der Waals surface area contributed by atoms with Crippen molar-refractivity contribution in [2.45, 2.75) is 38.1 Å². The van der Waals surface area contributed by atoms with E-state index >= 15 is 0 Å². The molecule has 0 amide bonds. The van der Waals surface area contributed by atoms with E-state index in [-0.39, 0.29) is 5.54 Å². The molecule has 4 nitrogen and oxygen atoms in total. The minimum Gasteiger partial charge on any atom is -0.311 e. The molecule has 1 aliphatic heterocycles. The van der Waals surface area contributed by atoms with Crippen molar-refractivity contribution in [3.63, 3.8) is 0 Å². The second kappa shape index (κ2) is 3.69. The van der Waals surface area contributed by atoms with Gasteiger partial charge in [-0.3, -0.25) is 4.68 Å². The first-order valence-corrected chi connectivity index (χ1v) is 5.34. The number of aryl methyl sites for hydroxylation is 1. The first kappa shape index (κ1) is 9.65. The van der Waals surface area contributed by atoms with Gasteiger partial charge < -0.3 is 5.32 Å². The first-order chi connectivity index (χ1) is 6.76. The minimum absolute atomic E-state index is 0.279. The molecule has 78 valence electrons. The minimum atomic E-state index is 0.279. The molecule has 1 aromatic heterocycles. The summed E-state index contributed by atoms with van der Waals surface area (Å²) in [7, 11) is 1.96. The summed E-state index contributed by atoms with van der Waals surface area (Å²) < 4.78 is 1.87. The van der Waals surface area contributed by atoms with E-state index in [1.165, 1.54) is 19.3 Å². The molecule has 0 spiro atoms. The van der Waals surface area contributed by atoms with Crippen LogP contribution in [0.2, 0.25) is 0 Å². The third-order valence-electron chi connectivity index (χ3n) is 3.31. The molecule has 0 aromatic carbocycles. The molecule has 0 bridgehead atoms. The molecular formula is C10H18N4. The maximum atomic E-state index is 4.28. The fourth-order valence-corrected chi connectivity index (χ4v) is 2.23. The number of nitrogens with zero attached hydrogens (tertiary/aromatic N) is 3. The van der Waals surface area contributed by atoms with Crippen LogP contribution >= 0.6 is 0 Å². The topological polar surface area (TPSA) is 42.7 Å². The summed E-state index contributed by atoms with van der Waals surface area (Å²) in [5.74, 6) is 1.08. The van der Waals surface area contributed by atoms with Crippen LogP contribution in [-0.4, -0.2) is 26.8 Å². The molecule has 1 N–H and O–H groups in total. The van der Waals surface area contributed by atoms with Crippen LogP contribution in [0.1, 0.15) is 32.0 Å². The molecule has 1 fully saturated rings. The van der Waals surface area contributed by atoms with E-state index < -0.39 is 0 Å². The Balaban J connectivity index is 2.12. The lowest BCUT2D eigenvalue weighted by molar-refractivity contribution is 0.348. The summed E-state index contributed by atoms with van der Waals surface area (Å²) in [6.07, 6.45) is 6.34. The van der Waals surface area contributed by atoms with Gasteiger partial charge in [-0.15, -0.1) is 0 Å². The molecule has 4 heteroatoms. The third-order valence-corrected chi connectivity index (χ3v) is 3.31. The maximum absolute atomic E-state index is 4.28. The Hall–Kier alpha value is -0.900. The molecule has 1 saturated heterocycles. The predicted octanol–water partition coefficient (Wildman–Crippen LogP) is 0.890. The molecule has 0 radical (unpaired) electrons. The monoisotopic (exact) mass is 194 g/mol. The quantitative estimate of drug-likeness (QED) is 0.777. The van der Waals surface area contributed by atoms with Gasteiger partial charge in [0.1, 0.15) is 12.2 Å². The summed E-state index contributed by atoms with van der Waals surface area (Å²) >= 11 is 0. The molecule has 0 aliphatic carbocycles. The molecule has 2 heterocycles. The van der Waals surface area contributed by atoms with Gasteiger partial charge in [0, 0.05) is 19.0 Å². The molecule has 1 unspecified atom stereocenters. The number of nitrogens with one attached hydrogen (secondary N) is 1. The summed E-state index contributed by atoms with van der Waals surface area (Å²) in [6.45, 7) is 3.39. The fraction of sp³-hybridized carbons (Fsp3) is 0.800. The second-order valence-corrected chi connectivity index (χ2v) is 4.14. The van der Waals surface area contributed by atoms with Crippen LogP contribution in [0.5, 0.6) is 0 Å². The standard InChI is InChI=1S/C10H18N4/c1-3-10(5-4-6-12-10)7-9-11-8-13-14(9)2/h8,12H,3-7H2,1-2H3. The van der Waals surface area contributed by atoms with E-state index in [2.05, 4.69) is 22.3 Å². The highest BCUT2D eigenvalue weighted by molar-refractivity contribution is 5.01. The van der Waals surface area contributed by atoms with Crippen molar-refractivity contribution >= 4 is 0 Å². The highest BCUT2D eigenvalue weighted by Crippen LogP contribution is 2.26. The molecule has 0 saturated carbocycles. The van der Waals surface area contributed by atoms with Crippen LogP contribution in [0, 0.1) is 0 Å². The van der Waals surface area contributed by atoms with Crippen molar-refractivity contribution in [3.8, 4) is 0 Å². The Labute approximate surface area is 84.7 Å². The Kier molecular flexibility index (Phi) is 2.54. The van der Waals surface area contributed by atoms with E-state index in [9.17, 15) is 0 Å². The van der Waals surface area contributed by atoms with Crippen molar-refractivity contribution in [2.75, 3.05) is 6.54 Å². The van der Waals surface area contributed by atoms with E-state index in [0.717, 1.165) is 18.8 Å². The average molecular weight is 194 g/mol. The van der Waals surface area contributed by atoms with Crippen LogP contribution < -0.4 is 5.32 Å². The molecule has 1 aliphatic rings. The summed E-state index contributed by atoms with van der Waals surface area (Å²) in [5.41, 5.74) is 0.279. The second-order valence-electron chi connectivity index (χ2n) is 4.14. The Morgan fingerprint density at radius 3 is 3.00 bits per heavy atom. The summed E-state index contributed by atoms with van der Waals surface area (Å²) in [6, 6.07) is 0. The zero-order valence-corrected chi connectivity index (χ0v) is 8.95. The van der Waals surface area contributed by atoms with Crippen LogP contribution in [0.4, 0.5) is 0 Å². The SMILES string of the molecule is CCC1(Cc2ncnn2C)CCCN1. The van der Waals surface area contributed by atoms with Gasteiger partial charge >= 0.3 is 0 Å². The molecule has 1 atom stereocenters. The molecule has 2 rings (SSSR count). The number of hydrogen-bond donors (Lipinski definition) is 1. The largest absolute Gasteiger partial charge is 0.311 e. The normalized spacial score (nSPS) is 27.0. The van der Waals surface area contributed by atoms with Gasteiger partial charge in [0.2, 0.25) is 0 Å². The van der Waals surface area contributed by atoms with Crippen molar-refractivity contribution in [2.24, 2.45) is 7.05 Å². The maximum Gasteiger partial charge on any atom is 0.138 e. The summed E-state index contributed by atoms with van der Waals surface area (Å²) in [5, 5.41) is 7.71. The van der Waals surface area contributed by atoms with Crippen LogP contribution in [0.3, 0.4) is 0 Å². The lowest BCUT2D eigenvalue weighted by Crippen LogP contribution is -2.41. The van der Waals surface area contributed by atoms with Crippen LogP contribution in [0.15, 0.2) is 6.33 Å². The zero-order chi connectivity index (χ0) is 10.0. The predicted molar refractivity (Wildman–Crippen MR) is 55.0 cm³/mol. The van der Waals surface area contributed by atoms with Gasteiger partial charge in [-0.2, -0.15) is 5.10 Å². The van der Waals surface area contributed by atoms with Gasteiger partial charge in [-0.05, 0) is 25.8 Å². The smallest absolute Gasteiger partial charge is 0.138 e. The molecular weight excluding hydrogens is 176 g/mol. The van der Waals surface area contributed by atoms with Crippen molar-refractivity contribution in [1.82, 2.24) is 20.1 Å². The van der Waals surface area contributed by atoms with Gasteiger partial charge in [0.05, 0.1) is 0 Å². The van der Waals surface area contributed by atoms with Gasteiger partial charge in [0.25, 0.3) is 0 Å². The van der Waals surface area contributed by atoms with Crippen molar-refractivity contribution < 1.29 is 0 Å².